The van der Waals surface area contributed by atoms with Crippen LogP contribution in [0.1, 0.15) is 121 Å². The summed E-state index contributed by atoms with van der Waals surface area (Å²) in [5.74, 6) is -3.99. The van der Waals surface area contributed by atoms with Crippen LogP contribution in [-0.2, 0) is 28.8 Å². The van der Waals surface area contributed by atoms with Crippen molar-refractivity contribution in [2.45, 2.75) is 141 Å². The summed E-state index contributed by atoms with van der Waals surface area (Å²) in [6, 6.07) is -4.08. The molecular formula is C39H55N7O7. The van der Waals surface area contributed by atoms with Crippen LogP contribution < -0.4 is 21.3 Å². The number of carbonyl (C=O) groups excluding carboxylic acids is 7. The summed E-state index contributed by atoms with van der Waals surface area (Å²) < 4.78 is 0. The Morgan fingerprint density at radius 2 is 1.62 bits per heavy atom. The van der Waals surface area contributed by atoms with Gasteiger partial charge in [0.05, 0.1) is 12.2 Å². The number of fused-ring (bicyclic) bond motifs is 1. The molecule has 4 fully saturated rings. The maximum atomic E-state index is 14.7. The fraction of sp³-hybridized carbons (Fsp3) is 0.667. The van der Waals surface area contributed by atoms with E-state index in [0.717, 1.165) is 56.9 Å². The Morgan fingerprint density at radius 3 is 2.28 bits per heavy atom. The number of Topliss-reactive ketones (excluding diaryl/α,β-unsaturated/α-hetero) is 1. The van der Waals surface area contributed by atoms with Gasteiger partial charge in [-0.15, -0.1) is 0 Å². The molecular weight excluding hydrogens is 678 g/mol. The lowest BCUT2D eigenvalue weighted by Gasteiger charge is -2.34. The van der Waals surface area contributed by atoms with Crippen molar-refractivity contribution in [3.05, 3.63) is 35.9 Å². The van der Waals surface area contributed by atoms with Crippen LogP contribution in [0, 0.1) is 17.8 Å². The second kappa shape index (κ2) is 18.5. The number of rotatable bonds is 17. The first-order chi connectivity index (χ1) is 25.5. The molecule has 3 saturated carbocycles. The van der Waals surface area contributed by atoms with E-state index < -0.39 is 59.5 Å². The number of aromatic nitrogens is 2. The Hall–Kier alpha value is -4.49. The third-order valence-corrected chi connectivity index (χ3v) is 11.0. The van der Waals surface area contributed by atoms with Gasteiger partial charge in [0.1, 0.15) is 23.8 Å². The minimum atomic E-state index is -1.16. The minimum absolute atomic E-state index is 0.0128. The average Bonchev–Trinajstić information content (AvgIpc) is 3.71. The largest absolute Gasteiger partial charge is 0.347 e. The minimum Gasteiger partial charge on any atom is -0.347 e. The molecule has 1 aliphatic heterocycles. The fourth-order valence-electron chi connectivity index (χ4n) is 8.22. The van der Waals surface area contributed by atoms with Crippen molar-refractivity contribution in [3.63, 3.8) is 0 Å². The Labute approximate surface area is 311 Å². The summed E-state index contributed by atoms with van der Waals surface area (Å²) in [6.45, 7) is 5.76. The molecule has 5 amide bonds. The Balaban J connectivity index is 1.39. The van der Waals surface area contributed by atoms with Gasteiger partial charge in [-0.2, -0.15) is 0 Å². The van der Waals surface area contributed by atoms with E-state index in [1.165, 1.54) is 29.6 Å². The molecule has 3 aliphatic carbocycles. The first-order valence-corrected chi connectivity index (χ1v) is 19.5. The van der Waals surface area contributed by atoms with Gasteiger partial charge in [-0.25, -0.2) is 4.98 Å². The predicted molar refractivity (Wildman–Crippen MR) is 195 cm³/mol. The van der Waals surface area contributed by atoms with Gasteiger partial charge in [-0.3, -0.25) is 38.5 Å². The third kappa shape index (κ3) is 10.6. The molecule has 2 heterocycles. The average molecular weight is 734 g/mol. The van der Waals surface area contributed by atoms with Crippen molar-refractivity contribution in [3.8, 4) is 0 Å². The van der Waals surface area contributed by atoms with Gasteiger partial charge in [0.25, 0.3) is 11.8 Å². The highest BCUT2D eigenvalue weighted by molar-refractivity contribution is 6.38. The van der Waals surface area contributed by atoms with Gasteiger partial charge in [0.15, 0.2) is 5.78 Å². The molecule has 1 aromatic heterocycles. The van der Waals surface area contributed by atoms with Gasteiger partial charge >= 0.3 is 0 Å². The number of carbonyl (C=O) groups is 7. The number of nitrogens with one attached hydrogen (secondary N) is 4. The number of hydrogen-bond donors (Lipinski definition) is 4. The monoisotopic (exact) mass is 733 g/mol. The molecule has 53 heavy (non-hydrogen) atoms. The Bertz CT molecular complexity index is 1550. The molecule has 1 unspecified atom stereocenters. The standard InChI is InChI=1S/C39H55N7O7/c1-4-9-29(34(48)38(52)42-26-14-15-26)43-37(51)33-28-13-8-12-25(28)22-46(33)39(53)30(17-16-27(47)20-23(2)3)44-36(50)32(24-10-6-5-7-11-24)45-35(49)31-21-40-18-19-41-31/h18-21,24-26,28-30,32-33H,4-17,22H2,1-3H3,(H,42,52)(H,43,51)(H,44,50)(H,45,49)/t25-,28-,29-,30-,32-,33?/m0/s1. The van der Waals surface area contributed by atoms with E-state index in [9.17, 15) is 33.6 Å². The topological polar surface area (TPSA) is 197 Å². The first-order valence-electron chi connectivity index (χ1n) is 19.5. The summed E-state index contributed by atoms with van der Waals surface area (Å²) in [5.41, 5.74) is 0.862. The molecule has 4 N–H and O–H groups in total. The highest BCUT2D eigenvalue weighted by Gasteiger charge is 2.51. The second-order valence-corrected chi connectivity index (χ2v) is 15.5. The zero-order chi connectivity index (χ0) is 38.1. The lowest BCUT2D eigenvalue weighted by atomic mass is 9.83. The predicted octanol–water partition coefficient (Wildman–Crippen LogP) is 2.72. The van der Waals surface area contributed by atoms with E-state index >= 15 is 0 Å². The van der Waals surface area contributed by atoms with Crippen molar-refractivity contribution in [2.75, 3.05) is 6.54 Å². The van der Waals surface area contributed by atoms with Gasteiger partial charge in [-0.05, 0) is 89.0 Å². The zero-order valence-corrected chi connectivity index (χ0v) is 31.2. The van der Waals surface area contributed by atoms with Crippen LogP contribution in [-0.4, -0.2) is 92.7 Å². The lowest BCUT2D eigenvalue weighted by Crippen LogP contribution is -2.59. The van der Waals surface area contributed by atoms with Crippen LogP contribution in [0.15, 0.2) is 30.2 Å². The molecule has 1 saturated heterocycles. The molecule has 6 atom stereocenters. The highest BCUT2D eigenvalue weighted by Crippen LogP contribution is 2.42. The maximum Gasteiger partial charge on any atom is 0.289 e. The van der Waals surface area contributed by atoms with Crippen LogP contribution in [0.25, 0.3) is 0 Å². The SMILES string of the molecule is CCC[C@H](NC(=O)C1[C@H]2CCC[C@H]2CN1C(=O)[C@H](CCC(=O)C=C(C)C)NC(=O)[C@@H](NC(=O)c1cnccn1)C1CCCCC1)C(=O)C(=O)NC1CC1. The van der Waals surface area contributed by atoms with Crippen LogP contribution in [0.4, 0.5) is 0 Å². The normalized spacial score (nSPS) is 22.8. The number of ketones is 2. The van der Waals surface area contributed by atoms with Crippen molar-refractivity contribution in [2.24, 2.45) is 17.8 Å². The van der Waals surface area contributed by atoms with Gasteiger partial charge in [-0.1, -0.05) is 44.6 Å². The van der Waals surface area contributed by atoms with Gasteiger partial charge in [0.2, 0.25) is 23.5 Å². The van der Waals surface area contributed by atoms with Crippen LogP contribution >= 0.6 is 0 Å². The molecule has 14 heteroatoms. The molecule has 0 bridgehead atoms. The number of hydrogen-bond acceptors (Lipinski definition) is 9. The van der Waals surface area contributed by atoms with Gasteiger partial charge < -0.3 is 26.2 Å². The quantitative estimate of drug-likeness (QED) is 0.137. The van der Waals surface area contributed by atoms with Crippen LogP contribution in [0.2, 0.25) is 0 Å². The van der Waals surface area contributed by atoms with Crippen LogP contribution in [0.5, 0.6) is 0 Å². The van der Waals surface area contributed by atoms with Crippen molar-refractivity contribution >= 4 is 41.1 Å². The molecule has 1 aromatic rings. The summed E-state index contributed by atoms with van der Waals surface area (Å²) in [4.78, 5) is 105. The molecule has 0 aromatic carbocycles. The number of allylic oxidation sites excluding steroid dienone is 2. The van der Waals surface area contributed by atoms with Crippen LogP contribution in [0.3, 0.4) is 0 Å². The number of likely N-dealkylation sites (tertiary alicyclic amines) is 1. The zero-order valence-electron chi connectivity index (χ0n) is 31.2. The summed E-state index contributed by atoms with van der Waals surface area (Å²) >= 11 is 0. The van der Waals surface area contributed by atoms with E-state index in [2.05, 4.69) is 31.2 Å². The molecule has 5 rings (SSSR count). The second-order valence-electron chi connectivity index (χ2n) is 15.5. The Morgan fingerprint density at radius 1 is 0.868 bits per heavy atom. The number of nitrogens with zero attached hydrogens (tertiary/aromatic N) is 3. The highest BCUT2D eigenvalue weighted by atomic mass is 16.2. The summed E-state index contributed by atoms with van der Waals surface area (Å²) in [6.07, 6.45) is 14.8. The summed E-state index contributed by atoms with van der Waals surface area (Å²) in [7, 11) is 0. The van der Waals surface area contributed by atoms with Gasteiger partial charge in [0, 0.05) is 31.4 Å². The third-order valence-electron chi connectivity index (χ3n) is 11.0. The summed E-state index contributed by atoms with van der Waals surface area (Å²) in [5, 5.41) is 11.3. The van der Waals surface area contributed by atoms with E-state index in [0.29, 0.717) is 25.8 Å². The Kier molecular flexibility index (Phi) is 13.9. The molecule has 14 nitrogen and oxygen atoms in total. The van der Waals surface area contributed by atoms with Crippen molar-refractivity contribution < 1.29 is 33.6 Å². The van der Waals surface area contributed by atoms with E-state index in [-0.39, 0.29) is 54.5 Å². The first kappa shape index (κ1) is 39.7. The molecule has 0 radical (unpaired) electrons. The lowest BCUT2D eigenvalue weighted by molar-refractivity contribution is -0.144. The smallest absolute Gasteiger partial charge is 0.289 e. The van der Waals surface area contributed by atoms with E-state index in [1.54, 1.807) is 13.8 Å². The number of amides is 5. The van der Waals surface area contributed by atoms with Crippen molar-refractivity contribution in [1.82, 2.24) is 36.1 Å². The molecule has 288 valence electrons. The fourth-order valence-corrected chi connectivity index (χ4v) is 8.22. The molecule has 0 spiro atoms. The maximum absolute atomic E-state index is 14.7. The molecule has 4 aliphatic rings. The van der Waals surface area contributed by atoms with Crippen molar-refractivity contribution in [1.29, 1.82) is 0 Å². The van der Waals surface area contributed by atoms with E-state index in [1.807, 2.05) is 6.92 Å². The van der Waals surface area contributed by atoms with E-state index in [4.69, 9.17) is 0 Å².